The first kappa shape index (κ1) is 12.3. The van der Waals surface area contributed by atoms with Crippen LogP contribution < -0.4 is 10.5 Å². The Morgan fingerprint density at radius 3 is 2.44 bits per heavy atom. The lowest BCUT2D eigenvalue weighted by atomic mass is 10.0. The third kappa shape index (κ3) is 2.25. The second-order valence-corrected chi connectivity index (χ2v) is 3.02. The van der Waals surface area contributed by atoms with Crippen molar-refractivity contribution in [2.45, 2.75) is 12.7 Å². The Bertz CT molecular complexity index is 435. The second kappa shape index (κ2) is 4.41. The maximum Gasteiger partial charge on any atom is 0.416 e. The SMILES string of the molecule is COc1cc(C(F)(F)F)cc(C#N)c1CN. The van der Waals surface area contributed by atoms with Gasteiger partial charge in [0.05, 0.1) is 24.3 Å². The van der Waals surface area contributed by atoms with Gasteiger partial charge in [-0.2, -0.15) is 18.4 Å². The van der Waals surface area contributed by atoms with E-state index in [-0.39, 0.29) is 23.4 Å². The lowest BCUT2D eigenvalue weighted by molar-refractivity contribution is -0.137. The normalized spacial score (nSPS) is 11.0. The van der Waals surface area contributed by atoms with E-state index in [1.807, 2.05) is 0 Å². The van der Waals surface area contributed by atoms with E-state index >= 15 is 0 Å². The minimum atomic E-state index is -4.51. The molecule has 3 nitrogen and oxygen atoms in total. The van der Waals surface area contributed by atoms with Crippen LogP contribution in [0.5, 0.6) is 5.75 Å². The van der Waals surface area contributed by atoms with Gasteiger partial charge in [-0.05, 0) is 12.1 Å². The van der Waals surface area contributed by atoms with Gasteiger partial charge in [-0.25, -0.2) is 0 Å². The molecule has 0 radical (unpaired) electrons. The van der Waals surface area contributed by atoms with Crippen molar-refractivity contribution in [2.24, 2.45) is 5.73 Å². The van der Waals surface area contributed by atoms with Crippen molar-refractivity contribution < 1.29 is 17.9 Å². The molecule has 0 unspecified atom stereocenters. The summed E-state index contributed by atoms with van der Waals surface area (Å²) in [5.41, 5.74) is 4.59. The molecule has 0 heterocycles. The van der Waals surface area contributed by atoms with E-state index in [1.54, 1.807) is 6.07 Å². The van der Waals surface area contributed by atoms with Gasteiger partial charge in [-0.3, -0.25) is 0 Å². The Balaban J connectivity index is 3.45. The predicted octanol–water partition coefficient (Wildman–Crippen LogP) is 2.04. The van der Waals surface area contributed by atoms with Crippen LogP contribution >= 0.6 is 0 Å². The summed E-state index contributed by atoms with van der Waals surface area (Å²) in [4.78, 5) is 0. The molecule has 2 N–H and O–H groups in total. The minimum absolute atomic E-state index is 0.0196. The molecule has 16 heavy (non-hydrogen) atoms. The molecule has 1 aromatic rings. The third-order valence-corrected chi connectivity index (χ3v) is 2.08. The van der Waals surface area contributed by atoms with Crippen LogP contribution in [0, 0.1) is 11.3 Å². The van der Waals surface area contributed by atoms with Crippen molar-refractivity contribution in [2.75, 3.05) is 7.11 Å². The fourth-order valence-corrected chi connectivity index (χ4v) is 1.30. The van der Waals surface area contributed by atoms with Crippen molar-refractivity contribution >= 4 is 0 Å². The van der Waals surface area contributed by atoms with Crippen molar-refractivity contribution in [1.29, 1.82) is 5.26 Å². The van der Waals surface area contributed by atoms with Gasteiger partial charge in [0.2, 0.25) is 0 Å². The smallest absolute Gasteiger partial charge is 0.416 e. The highest BCUT2D eigenvalue weighted by molar-refractivity contribution is 5.50. The van der Waals surface area contributed by atoms with E-state index < -0.39 is 11.7 Å². The van der Waals surface area contributed by atoms with Crippen molar-refractivity contribution in [3.63, 3.8) is 0 Å². The van der Waals surface area contributed by atoms with Gasteiger partial charge >= 0.3 is 6.18 Å². The highest BCUT2D eigenvalue weighted by Gasteiger charge is 2.32. The summed E-state index contributed by atoms with van der Waals surface area (Å²) in [6.07, 6.45) is -4.51. The van der Waals surface area contributed by atoms with Crippen LogP contribution in [-0.2, 0) is 12.7 Å². The lowest BCUT2D eigenvalue weighted by Gasteiger charge is -2.13. The Morgan fingerprint density at radius 1 is 1.44 bits per heavy atom. The van der Waals surface area contributed by atoms with Gasteiger partial charge in [0, 0.05) is 12.1 Å². The molecule has 0 aromatic heterocycles. The largest absolute Gasteiger partial charge is 0.496 e. The van der Waals surface area contributed by atoms with E-state index in [4.69, 9.17) is 15.7 Å². The average molecular weight is 230 g/mol. The first-order chi connectivity index (χ1) is 7.43. The van der Waals surface area contributed by atoms with Crippen LogP contribution in [0.15, 0.2) is 12.1 Å². The van der Waals surface area contributed by atoms with Gasteiger partial charge in [0.25, 0.3) is 0 Å². The monoisotopic (exact) mass is 230 g/mol. The molecule has 0 bridgehead atoms. The number of nitrogens with zero attached hydrogens (tertiary/aromatic N) is 1. The highest BCUT2D eigenvalue weighted by Crippen LogP contribution is 2.34. The Hall–Kier alpha value is -1.74. The summed E-state index contributed by atoms with van der Waals surface area (Å²) >= 11 is 0. The third-order valence-electron chi connectivity index (χ3n) is 2.08. The maximum absolute atomic E-state index is 12.5. The zero-order valence-electron chi connectivity index (χ0n) is 8.43. The van der Waals surface area contributed by atoms with E-state index in [0.29, 0.717) is 0 Å². The van der Waals surface area contributed by atoms with Crippen molar-refractivity contribution in [3.05, 3.63) is 28.8 Å². The molecule has 0 aliphatic carbocycles. The molecule has 86 valence electrons. The quantitative estimate of drug-likeness (QED) is 0.845. The molecule has 0 spiro atoms. The van der Waals surface area contributed by atoms with Crippen LogP contribution in [0.1, 0.15) is 16.7 Å². The van der Waals surface area contributed by atoms with Gasteiger partial charge in [-0.15, -0.1) is 0 Å². The van der Waals surface area contributed by atoms with Crippen LogP contribution in [0.3, 0.4) is 0 Å². The first-order valence-corrected chi connectivity index (χ1v) is 4.32. The van der Waals surface area contributed by atoms with Crippen LogP contribution in [0.2, 0.25) is 0 Å². The second-order valence-electron chi connectivity index (χ2n) is 3.02. The van der Waals surface area contributed by atoms with E-state index in [1.165, 1.54) is 7.11 Å². The van der Waals surface area contributed by atoms with Gasteiger partial charge in [-0.1, -0.05) is 0 Å². The zero-order valence-corrected chi connectivity index (χ0v) is 8.43. The number of nitrogens with two attached hydrogens (primary N) is 1. The number of methoxy groups -OCH3 is 1. The summed E-state index contributed by atoms with van der Waals surface area (Å²) < 4.78 is 42.2. The number of nitriles is 1. The van der Waals surface area contributed by atoms with Crippen molar-refractivity contribution in [1.82, 2.24) is 0 Å². The molecule has 0 amide bonds. The van der Waals surface area contributed by atoms with Gasteiger partial charge in [0.15, 0.2) is 0 Å². The fraction of sp³-hybridized carbons (Fsp3) is 0.300. The first-order valence-electron chi connectivity index (χ1n) is 4.32. The molecule has 1 rings (SSSR count). The molecule has 0 fully saturated rings. The van der Waals surface area contributed by atoms with E-state index in [0.717, 1.165) is 12.1 Å². The molecule has 6 heteroatoms. The summed E-state index contributed by atoms with van der Waals surface area (Å²) in [6.45, 7) is -0.0514. The minimum Gasteiger partial charge on any atom is -0.496 e. The topological polar surface area (TPSA) is 59.0 Å². The van der Waals surface area contributed by atoms with Gasteiger partial charge in [0.1, 0.15) is 5.75 Å². The maximum atomic E-state index is 12.5. The molecule has 1 aromatic carbocycles. The van der Waals surface area contributed by atoms with Crippen LogP contribution in [0.4, 0.5) is 13.2 Å². The Morgan fingerprint density at radius 2 is 2.06 bits per heavy atom. The molecule has 0 saturated carbocycles. The Kier molecular flexibility index (Phi) is 3.40. The lowest BCUT2D eigenvalue weighted by Crippen LogP contribution is -2.09. The number of ether oxygens (including phenoxy) is 1. The number of halogens is 3. The summed E-state index contributed by atoms with van der Waals surface area (Å²) in [5.74, 6) is -0.0196. The highest BCUT2D eigenvalue weighted by atomic mass is 19.4. The molecule has 0 aliphatic heterocycles. The summed E-state index contributed by atoms with van der Waals surface area (Å²) in [5, 5.41) is 8.73. The molecule has 0 saturated heterocycles. The predicted molar refractivity (Wildman–Crippen MR) is 50.6 cm³/mol. The molecule has 0 atom stereocenters. The molecular formula is C10H9F3N2O. The number of rotatable bonds is 2. The molecular weight excluding hydrogens is 221 g/mol. The number of benzene rings is 1. The van der Waals surface area contributed by atoms with Gasteiger partial charge < -0.3 is 10.5 Å². The standard InChI is InChI=1S/C10H9F3N2O/c1-16-9-3-7(10(11,12)13)2-6(4-14)8(9)5-15/h2-3H,5,15H2,1H3. The number of hydrogen-bond acceptors (Lipinski definition) is 3. The molecule has 0 aliphatic rings. The Labute approximate surface area is 90.2 Å². The van der Waals surface area contributed by atoms with E-state index in [2.05, 4.69) is 0 Å². The fourth-order valence-electron chi connectivity index (χ4n) is 1.30. The average Bonchev–Trinajstić information content (AvgIpc) is 2.25. The van der Waals surface area contributed by atoms with Crippen LogP contribution in [0.25, 0.3) is 0 Å². The summed E-state index contributed by atoms with van der Waals surface area (Å²) in [6, 6.07) is 3.28. The van der Waals surface area contributed by atoms with Crippen molar-refractivity contribution in [3.8, 4) is 11.8 Å². The number of hydrogen-bond donors (Lipinski definition) is 1. The zero-order chi connectivity index (χ0) is 12.3. The van der Waals surface area contributed by atoms with E-state index in [9.17, 15) is 13.2 Å². The summed E-state index contributed by atoms with van der Waals surface area (Å²) in [7, 11) is 1.23. The van der Waals surface area contributed by atoms with Crippen LogP contribution in [-0.4, -0.2) is 7.11 Å². The number of alkyl halides is 3.